The number of hydrogen-bond donors (Lipinski definition) is 3. The topological polar surface area (TPSA) is 61.4 Å². The Labute approximate surface area is 95.7 Å². The molecule has 0 fully saturated rings. The van der Waals surface area contributed by atoms with Gasteiger partial charge in [-0.05, 0) is 32.5 Å². The van der Waals surface area contributed by atoms with Gasteiger partial charge in [0.1, 0.15) is 5.75 Å². The fraction of sp³-hybridized carbons (Fsp3) is 0.417. The van der Waals surface area contributed by atoms with Gasteiger partial charge in [0, 0.05) is 11.8 Å². The Morgan fingerprint density at radius 1 is 1.44 bits per heavy atom. The highest BCUT2D eigenvalue weighted by atomic mass is 16.3. The van der Waals surface area contributed by atoms with Crippen LogP contribution in [0.4, 0.5) is 5.69 Å². The molecule has 4 heteroatoms. The maximum atomic E-state index is 11.9. The molecule has 1 amide bonds. The monoisotopic (exact) mass is 222 g/mol. The third-order valence-electron chi connectivity index (χ3n) is 2.29. The lowest BCUT2D eigenvalue weighted by Gasteiger charge is -2.24. The van der Waals surface area contributed by atoms with E-state index in [1.54, 1.807) is 18.2 Å². The van der Waals surface area contributed by atoms with Crippen molar-refractivity contribution in [3.63, 3.8) is 0 Å². The second kappa shape index (κ2) is 4.99. The summed E-state index contributed by atoms with van der Waals surface area (Å²) in [6.45, 7) is 6.30. The van der Waals surface area contributed by atoms with Crippen LogP contribution >= 0.6 is 0 Å². The molecule has 1 aromatic carbocycles. The van der Waals surface area contributed by atoms with Gasteiger partial charge in [-0.15, -0.1) is 0 Å². The number of rotatable bonds is 4. The summed E-state index contributed by atoms with van der Waals surface area (Å²) < 4.78 is 0. The van der Waals surface area contributed by atoms with Crippen LogP contribution in [0.1, 0.15) is 20.8 Å². The number of carbonyl (C=O) groups is 1. The van der Waals surface area contributed by atoms with Crippen molar-refractivity contribution >= 4 is 11.6 Å². The van der Waals surface area contributed by atoms with Crippen LogP contribution in [0.25, 0.3) is 0 Å². The molecule has 0 aromatic heterocycles. The Morgan fingerprint density at radius 3 is 2.69 bits per heavy atom. The average Bonchev–Trinajstić information content (AvgIpc) is 2.17. The standard InChI is InChI=1S/C12H18N2O2/c1-4-13-12(2,3)11(16)14-9-6-5-7-10(15)8-9/h5-8,13,15H,4H2,1-3H3,(H,14,16). The zero-order valence-corrected chi connectivity index (χ0v) is 9.87. The van der Waals surface area contributed by atoms with E-state index >= 15 is 0 Å². The second-order valence-electron chi connectivity index (χ2n) is 4.16. The first kappa shape index (κ1) is 12.5. The molecule has 1 rings (SSSR count). The van der Waals surface area contributed by atoms with Gasteiger partial charge in [0.2, 0.25) is 5.91 Å². The van der Waals surface area contributed by atoms with Gasteiger partial charge in [-0.2, -0.15) is 0 Å². The van der Waals surface area contributed by atoms with Crippen molar-refractivity contribution in [1.82, 2.24) is 5.32 Å². The molecule has 0 aliphatic carbocycles. The second-order valence-corrected chi connectivity index (χ2v) is 4.16. The Bertz CT molecular complexity index is 375. The predicted octanol–water partition coefficient (Wildman–Crippen LogP) is 1.72. The summed E-state index contributed by atoms with van der Waals surface area (Å²) in [5.41, 5.74) is -0.0313. The highest BCUT2D eigenvalue weighted by molar-refractivity contribution is 5.97. The minimum atomic E-state index is -0.625. The van der Waals surface area contributed by atoms with E-state index in [4.69, 9.17) is 0 Å². The zero-order chi connectivity index (χ0) is 12.2. The van der Waals surface area contributed by atoms with Crippen molar-refractivity contribution in [2.75, 3.05) is 11.9 Å². The summed E-state index contributed by atoms with van der Waals surface area (Å²) in [7, 11) is 0. The maximum Gasteiger partial charge on any atom is 0.244 e. The van der Waals surface area contributed by atoms with Gasteiger partial charge < -0.3 is 15.7 Å². The highest BCUT2D eigenvalue weighted by Crippen LogP contribution is 2.16. The average molecular weight is 222 g/mol. The number of phenols is 1. The third-order valence-corrected chi connectivity index (χ3v) is 2.29. The Hall–Kier alpha value is -1.55. The van der Waals surface area contributed by atoms with Gasteiger partial charge in [-0.25, -0.2) is 0 Å². The molecule has 0 bridgehead atoms. The summed E-state index contributed by atoms with van der Waals surface area (Å²) in [5, 5.41) is 15.1. The van der Waals surface area contributed by atoms with Crippen LogP contribution in [-0.2, 0) is 4.79 Å². The number of anilines is 1. The zero-order valence-electron chi connectivity index (χ0n) is 9.87. The number of benzene rings is 1. The number of likely N-dealkylation sites (N-methyl/N-ethyl adjacent to an activating group) is 1. The fourth-order valence-corrected chi connectivity index (χ4v) is 1.39. The van der Waals surface area contributed by atoms with Gasteiger partial charge in [-0.1, -0.05) is 13.0 Å². The van der Waals surface area contributed by atoms with Crippen molar-refractivity contribution in [3.8, 4) is 5.75 Å². The fourth-order valence-electron chi connectivity index (χ4n) is 1.39. The van der Waals surface area contributed by atoms with Crippen LogP contribution in [0, 0.1) is 0 Å². The lowest BCUT2D eigenvalue weighted by molar-refractivity contribution is -0.121. The van der Waals surface area contributed by atoms with Gasteiger partial charge in [0.25, 0.3) is 0 Å². The van der Waals surface area contributed by atoms with E-state index < -0.39 is 5.54 Å². The number of aromatic hydroxyl groups is 1. The quantitative estimate of drug-likeness (QED) is 0.727. The maximum absolute atomic E-state index is 11.9. The Morgan fingerprint density at radius 2 is 2.12 bits per heavy atom. The predicted molar refractivity (Wildman–Crippen MR) is 64.5 cm³/mol. The molecule has 0 saturated carbocycles. The molecule has 0 aliphatic heterocycles. The normalized spacial score (nSPS) is 11.2. The molecule has 0 aliphatic rings. The Balaban J connectivity index is 2.71. The molecule has 0 spiro atoms. The van der Waals surface area contributed by atoms with Crippen LogP contribution in [0.3, 0.4) is 0 Å². The molecular weight excluding hydrogens is 204 g/mol. The van der Waals surface area contributed by atoms with Crippen molar-refractivity contribution in [3.05, 3.63) is 24.3 Å². The molecule has 4 nitrogen and oxygen atoms in total. The first-order valence-corrected chi connectivity index (χ1v) is 5.31. The summed E-state index contributed by atoms with van der Waals surface area (Å²) >= 11 is 0. The van der Waals surface area contributed by atoms with E-state index in [0.29, 0.717) is 5.69 Å². The molecule has 88 valence electrons. The summed E-state index contributed by atoms with van der Waals surface area (Å²) in [4.78, 5) is 11.9. The van der Waals surface area contributed by atoms with Gasteiger partial charge >= 0.3 is 0 Å². The largest absolute Gasteiger partial charge is 0.508 e. The molecule has 0 heterocycles. The van der Waals surface area contributed by atoms with Gasteiger partial charge in [0.15, 0.2) is 0 Å². The lowest BCUT2D eigenvalue weighted by atomic mass is 10.0. The van der Waals surface area contributed by atoms with E-state index in [9.17, 15) is 9.90 Å². The van der Waals surface area contributed by atoms with Gasteiger partial charge in [-0.3, -0.25) is 4.79 Å². The molecule has 0 radical (unpaired) electrons. The minimum absolute atomic E-state index is 0.125. The molecule has 0 unspecified atom stereocenters. The summed E-state index contributed by atoms with van der Waals surface area (Å²) in [6, 6.07) is 6.50. The van der Waals surface area contributed by atoms with Crippen molar-refractivity contribution in [2.45, 2.75) is 26.3 Å². The number of nitrogens with one attached hydrogen (secondary N) is 2. The van der Waals surface area contributed by atoms with Gasteiger partial charge in [0.05, 0.1) is 5.54 Å². The molecule has 1 aromatic rings. The third kappa shape index (κ3) is 3.24. The summed E-state index contributed by atoms with van der Waals surface area (Å²) in [5.74, 6) is 0.0130. The Kier molecular flexibility index (Phi) is 3.90. The number of amides is 1. The first-order chi connectivity index (χ1) is 7.45. The van der Waals surface area contributed by atoms with E-state index in [2.05, 4.69) is 10.6 Å². The van der Waals surface area contributed by atoms with E-state index in [1.165, 1.54) is 6.07 Å². The SMILES string of the molecule is CCNC(C)(C)C(=O)Nc1cccc(O)c1. The van der Waals surface area contributed by atoms with E-state index in [1.807, 2.05) is 20.8 Å². The molecule has 16 heavy (non-hydrogen) atoms. The molecule has 0 saturated heterocycles. The molecule has 3 N–H and O–H groups in total. The van der Waals surface area contributed by atoms with E-state index in [-0.39, 0.29) is 11.7 Å². The van der Waals surface area contributed by atoms with Crippen LogP contribution in [-0.4, -0.2) is 23.1 Å². The smallest absolute Gasteiger partial charge is 0.244 e. The number of phenolic OH excluding ortho intramolecular Hbond substituents is 1. The van der Waals surface area contributed by atoms with Crippen molar-refractivity contribution in [1.29, 1.82) is 0 Å². The van der Waals surface area contributed by atoms with E-state index in [0.717, 1.165) is 6.54 Å². The van der Waals surface area contributed by atoms with Crippen molar-refractivity contribution < 1.29 is 9.90 Å². The lowest BCUT2D eigenvalue weighted by Crippen LogP contribution is -2.49. The van der Waals surface area contributed by atoms with Crippen LogP contribution in [0.2, 0.25) is 0 Å². The number of hydrogen-bond acceptors (Lipinski definition) is 3. The highest BCUT2D eigenvalue weighted by Gasteiger charge is 2.25. The minimum Gasteiger partial charge on any atom is -0.508 e. The van der Waals surface area contributed by atoms with Crippen molar-refractivity contribution in [2.24, 2.45) is 0 Å². The molecular formula is C12H18N2O2. The van der Waals surface area contributed by atoms with Crippen LogP contribution in [0.5, 0.6) is 5.75 Å². The van der Waals surface area contributed by atoms with Crippen LogP contribution < -0.4 is 10.6 Å². The van der Waals surface area contributed by atoms with Crippen LogP contribution in [0.15, 0.2) is 24.3 Å². The first-order valence-electron chi connectivity index (χ1n) is 5.31. The molecule has 0 atom stereocenters. The summed E-state index contributed by atoms with van der Waals surface area (Å²) in [6.07, 6.45) is 0. The number of carbonyl (C=O) groups excluding carboxylic acids is 1.